The van der Waals surface area contributed by atoms with Crippen LogP contribution in [0.4, 0.5) is 13.2 Å². The first-order valence-electron chi connectivity index (χ1n) is 6.23. The molecule has 22 heavy (non-hydrogen) atoms. The number of rotatable bonds is 3. The number of alkyl halides is 3. The summed E-state index contributed by atoms with van der Waals surface area (Å²) < 4.78 is 44.8. The van der Waals surface area contributed by atoms with Crippen LogP contribution in [0.15, 0.2) is 42.5 Å². The van der Waals surface area contributed by atoms with Crippen LogP contribution < -0.4 is 0 Å². The van der Waals surface area contributed by atoms with Gasteiger partial charge >= 0.3 is 6.18 Å². The summed E-state index contributed by atoms with van der Waals surface area (Å²) in [5.41, 5.74) is -0.589. The molecule has 2 nitrogen and oxygen atoms in total. The van der Waals surface area contributed by atoms with Gasteiger partial charge in [0.25, 0.3) is 0 Å². The van der Waals surface area contributed by atoms with Gasteiger partial charge in [-0.25, -0.2) is 0 Å². The second-order valence-corrected chi connectivity index (χ2v) is 4.79. The van der Waals surface area contributed by atoms with E-state index in [1.165, 1.54) is 25.3 Å². The minimum absolute atomic E-state index is 0.0545. The Morgan fingerprint density at radius 2 is 1.82 bits per heavy atom. The molecular formula is C16H11F3O2S. The highest BCUT2D eigenvalue weighted by Gasteiger charge is 2.35. The Bertz CT molecular complexity index is 724. The summed E-state index contributed by atoms with van der Waals surface area (Å²) in [5, 5.41) is 0.0597. The van der Waals surface area contributed by atoms with Crippen LogP contribution in [-0.2, 0) is 10.9 Å². The number of carbonyl (C=O) groups is 1. The molecule has 0 heterocycles. The number of halogens is 3. The third-order valence-corrected chi connectivity index (χ3v) is 3.52. The van der Waals surface area contributed by atoms with Gasteiger partial charge in [-0.3, -0.25) is 4.79 Å². The first-order valence-corrected chi connectivity index (χ1v) is 6.64. The van der Waals surface area contributed by atoms with Gasteiger partial charge in [-0.2, -0.15) is 13.2 Å². The van der Waals surface area contributed by atoms with Crippen LogP contribution in [0.3, 0.4) is 0 Å². The molecule has 0 aliphatic heterocycles. The number of methoxy groups -OCH3 is 1. The molecule has 0 unspecified atom stereocenters. The first kappa shape index (κ1) is 16.2. The Morgan fingerprint density at radius 3 is 2.41 bits per heavy atom. The minimum atomic E-state index is -4.59. The zero-order valence-electron chi connectivity index (χ0n) is 11.5. The number of carbonyl (C=O) groups excluding carboxylic acids is 1. The SMILES string of the molecule is COC(=S)c1ccccc1-c1c(C=O)cccc1C(F)(F)F. The maximum Gasteiger partial charge on any atom is 0.417 e. The van der Waals surface area contributed by atoms with Crippen LogP contribution in [0.5, 0.6) is 0 Å². The molecule has 114 valence electrons. The minimum Gasteiger partial charge on any atom is -0.486 e. The molecule has 0 saturated carbocycles. The van der Waals surface area contributed by atoms with Crippen LogP contribution in [-0.4, -0.2) is 18.4 Å². The molecule has 2 rings (SSSR count). The molecule has 0 aliphatic rings. The lowest BCUT2D eigenvalue weighted by Crippen LogP contribution is -2.11. The van der Waals surface area contributed by atoms with Crippen LogP contribution >= 0.6 is 12.2 Å². The largest absolute Gasteiger partial charge is 0.486 e. The Morgan fingerprint density at radius 1 is 1.14 bits per heavy atom. The summed E-state index contributed by atoms with van der Waals surface area (Å²) in [5.74, 6) is 0. The van der Waals surface area contributed by atoms with Crippen LogP contribution in [0, 0.1) is 0 Å². The fourth-order valence-corrected chi connectivity index (χ4v) is 2.37. The maximum atomic E-state index is 13.3. The Balaban J connectivity index is 2.83. The van der Waals surface area contributed by atoms with Crippen molar-refractivity contribution in [3.63, 3.8) is 0 Å². The predicted molar refractivity (Wildman–Crippen MR) is 81.0 cm³/mol. The number of hydrogen-bond donors (Lipinski definition) is 0. The zero-order chi connectivity index (χ0) is 16.3. The summed E-state index contributed by atoms with van der Waals surface area (Å²) in [6.45, 7) is 0. The second kappa shape index (κ2) is 6.27. The van der Waals surface area contributed by atoms with Crippen molar-refractivity contribution in [1.82, 2.24) is 0 Å². The van der Waals surface area contributed by atoms with E-state index in [0.29, 0.717) is 11.8 Å². The number of hydrogen-bond acceptors (Lipinski definition) is 3. The second-order valence-electron chi connectivity index (χ2n) is 4.42. The maximum absolute atomic E-state index is 13.3. The average Bonchev–Trinajstić information content (AvgIpc) is 2.52. The topological polar surface area (TPSA) is 26.3 Å². The van der Waals surface area contributed by atoms with Crippen molar-refractivity contribution in [2.45, 2.75) is 6.18 Å². The Kier molecular flexibility index (Phi) is 4.61. The van der Waals surface area contributed by atoms with Crippen molar-refractivity contribution in [2.24, 2.45) is 0 Å². The van der Waals surface area contributed by atoms with E-state index in [-0.39, 0.29) is 21.7 Å². The highest BCUT2D eigenvalue weighted by molar-refractivity contribution is 7.80. The van der Waals surface area contributed by atoms with E-state index in [0.717, 1.165) is 6.07 Å². The number of ether oxygens (including phenoxy) is 1. The molecule has 0 fully saturated rings. The monoisotopic (exact) mass is 324 g/mol. The molecule has 6 heteroatoms. The smallest absolute Gasteiger partial charge is 0.417 e. The highest BCUT2D eigenvalue weighted by Crippen LogP contribution is 2.39. The summed E-state index contributed by atoms with van der Waals surface area (Å²) >= 11 is 5.03. The van der Waals surface area contributed by atoms with E-state index >= 15 is 0 Å². The lowest BCUT2D eigenvalue weighted by molar-refractivity contribution is -0.137. The normalized spacial score (nSPS) is 11.1. The summed E-state index contributed by atoms with van der Waals surface area (Å²) in [7, 11) is 1.34. The molecule has 0 radical (unpaired) electrons. The number of thiocarbonyl (C=S) groups is 1. The summed E-state index contributed by atoms with van der Waals surface area (Å²) in [6, 6.07) is 9.74. The molecular weight excluding hydrogens is 313 g/mol. The lowest BCUT2D eigenvalue weighted by Gasteiger charge is -2.17. The van der Waals surface area contributed by atoms with Gasteiger partial charge in [0.1, 0.15) is 0 Å². The highest BCUT2D eigenvalue weighted by atomic mass is 32.1. The van der Waals surface area contributed by atoms with Gasteiger partial charge < -0.3 is 4.74 Å². The van der Waals surface area contributed by atoms with Gasteiger partial charge in [-0.1, -0.05) is 30.3 Å². The molecule has 0 amide bonds. The predicted octanol–water partition coefficient (Wildman–Crippen LogP) is 4.51. The van der Waals surface area contributed by atoms with Crippen molar-refractivity contribution in [3.8, 4) is 11.1 Å². The van der Waals surface area contributed by atoms with Gasteiger partial charge in [0.15, 0.2) is 11.3 Å². The van der Waals surface area contributed by atoms with E-state index in [1.54, 1.807) is 18.2 Å². The molecule has 2 aromatic rings. The van der Waals surface area contributed by atoms with Gasteiger partial charge in [0.05, 0.1) is 12.7 Å². The average molecular weight is 324 g/mol. The van der Waals surface area contributed by atoms with E-state index in [9.17, 15) is 18.0 Å². The third-order valence-electron chi connectivity index (χ3n) is 3.13. The fourth-order valence-electron chi connectivity index (χ4n) is 2.19. The van der Waals surface area contributed by atoms with Gasteiger partial charge in [-0.05, 0) is 29.9 Å². The fraction of sp³-hybridized carbons (Fsp3) is 0.125. The standard InChI is InChI=1S/C16H11F3O2S/c1-21-15(22)12-7-3-2-6-11(12)14-10(9-20)5-4-8-13(14)16(17,18)19/h2-9H,1H3. The quantitative estimate of drug-likeness (QED) is 0.614. The van der Waals surface area contributed by atoms with E-state index in [4.69, 9.17) is 17.0 Å². The van der Waals surface area contributed by atoms with Crippen LogP contribution in [0.25, 0.3) is 11.1 Å². The number of benzene rings is 2. The summed E-state index contributed by atoms with van der Waals surface area (Å²) in [4.78, 5) is 11.2. The van der Waals surface area contributed by atoms with Crippen molar-refractivity contribution < 1.29 is 22.7 Å². The molecule has 0 aromatic heterocycles. The molecule has 0 spiro atoms. The number of aldehydes is 1. The molecule has 0 aliphatic carbocycles. The van der Waals surface area contributed by atoms with Crippen LogP contribution in [0.1, 0.15) is 21.5 Å². The summed E-state index contributed by atoms with van der Waals surface area (Å²) in [6.07, 6.45) is -4.19. The van der Waals surface area contributed by atoms with Gasteiger partial charge in [0.2, 0.25) is 0 Å². The third kappa shape index (κ3) is 3.01. The van der Waals surface area contributed by atoms with Crippen LogP contribution in [0.2, 0.25) is 0 Å². The van der Waals surface area contributed by atoms with E-state index in [1.807, 2.05) is 0 Å². The first-order chi connectivity index (χ1) is 10.4. The van der Waals surface area contributed by atoms with Crippen molar-refractivity contribution in [3.05, 3.63) is 59.2 Å². The molecule has 0 atom stereocenters. The van der Waals surface area contributed by atoms with Crippen molar-refractivity contribution in [2.75, 3.05) is 7.11 Å². The molecule has 0 N–H and O–H groups in total. The molecule has 2 aromatic carbocycles. The van der Waals surface area contributed by atoms with Gasteiger partial charge in [0, 0.05) is 16.7 Å². The van der Waals surface area contributed by atoms with Gasteiger partial charge in [-0.15, -0.1) is 0 Å². The van der Waals surface area contributed by atoms with E-state index < -0.39 is 11.7 Å². The Labute approximate surface area is 130 Å². The van der Waals surface area contributed by atoms with Crippen molar-refractivity contribution in [1.29, 1.82) is 0 Å². The molecule has 0 bridgehead atoms. The Hall–Kier alpha value is -2.21. The zero-order valence-corrected chi connectivity index (χ0v) is 12.3. The van der Waals surface area contributed by atoms with Crippen molar-refractivity contribution >= 4 is 23.6 Å². The molecule has 0 saturated heterocycles. The lowest BCUT2D eigenvalue weighted by atomic mass is 9.91. The van der Waals surface area contributed by atoms with E-state index in [2.05, 4.69) is 0 Å².